The molecular weight excluding hydrogens is 236 g/mol. The Morgan fingerprint density at radius 2 is 2.06 bits per heavy atom. The van der Waals surface area contributed by atoms with Crippen molar-refractivity contribution in [2.45, 2.75) is 19.4 Å². The minimum Gasteiger partial charge on any atom is -0.497 e. The molecule has 0 aliphatic rings. The lowest BCUT2D eigenvalue weighted by atomic mass is 10.1. The van der Waals surface area contributed by atoms with Gasteiger partial charge < -0.3 is 19.3 Å². The van der Waals surface area contributed by atoms with E-state index in [1.54, 1.807) is 32.2 Å². The highest BCUT2D eigenvalue weighted by atomic mass is 16.5. The van der Waals surface area contributed by atoms with Gasteiger partial charge >= 0.3 is 5.97 Å². The number of aliphatic carboxylic acids is 1. The molecule has 0 saturated carbocycles. The molecule has 1 aromatic carbocycles. The molecule has 0 aliphatic heterocycles. The van der Waals surface area contributed by atoms with E-state index in [1.165, 1.54) is 7.11 Å². The first kappa shape index (κ1) is 14.3. The van der Waals surface area contributed by atoms with Gasteiger partial charge in [0.15, 0.2) is 6.10 Å². The molecule has 100 valence electrons. The molecule has 1 N–H and O–H groups in total. The molecule has 0 radical (unpaired) electrons. The average Bonchev–Trinajstić information content (AvgIpc) is 2.38. The van der Waals surface area contributed by atoms with E-state index in [9.17, 15) is 4.79 Å². The number of methoxy groups -OCH3 is 2. The molecular formula is C13H18O5. The number of carboxylic acid groups (broad SMARTS) is 1. The molecule has 0 heterocycles. The normalized spacial score (nSPS) is 11.9. The number of benzene rings is 1. The molecule has 0 bridgehead atoms. The summed E-state index contributed by atoms with van der Waals surface area (Å²) < 4.78 is 15.5. The second-order valence-electron chi connectivity index (χ2n) is 3.66. The summed E-state index contributed by atoms with van der Waals surface area (Å²) in [5.41, 5.74) is 0.777. The number of hydrogen-bond acceptors (Lipinski definition) is 4. The first-order chi connectivity index (χ1) is 8.62. The van der Waals surface area contributed by atoms with Gasteiger partial charge in [-0.05, 0) is 18.6 Å². The summed E-state index contributed by atoms with van der Waals surface area (Å²) in [6, 6.07) is 5.27. The van der Waals surface area contributed by atoms with Gasteiger partial charge in [0.1, 0.15) is 11.5 Å². The Labute approximate surface area is 106 Å². The van der Waals surface area contributed by atoms with Gasteiger partial charge in [-0.15, -0.1) is 0 Å². The van der Waals surface area contributed by atoms with Gasteiger partial charge in [-0.25, -0.2) is 4.79 Å². The molecule has 18 heavy (non-hydrogen) atoms. The van der Waals surface area contributed by atoms with E-state index in [0.717, 1.165) is 5.56 Å². The smallest absolute Gasteiger partial charge is 0.333 e. The van der Waals surface area contributed by atoms with Crippen LogP contribution in [0.4, 0.5) is 0 Å². The first-order valence-electron chi connectivity index (χ1n) is 5.67. The highest BCUT2D eigenvalue weighted by Gasteiger charge is 2.20. The Hall–Kier alpha value is -1.75. The van der Waals surface area contributed by atoms with Gasteiger partial charge in [0.25, 0.3) is 0 Å². The molecule has 0 unspecified atom stereocenters. The molecule has 5 nitrogen and oxygen atoms in total. The van der Waals surface area contributed by atoms with Gasteiger partial charge in [-0.2, -0.15) is 0 Å². The van der Waals surface area contributed by atoms with Crippen molar-refractivity contribution in [3.63, 3.8) is 0 Å². The van der Waals surface area contributed by atoms with Crippen molar-refractivity contribution in [2.24, 2.45) is 0 Å². The van der Waals surface area contributed by atoms with Crippen molar-refractivity contribution in [1.82, 2.24) is 0 Å². The zero-order valence-corrected chi connectivity index (χ0v) is 10.8. The Morgan fingerprint density at radius 1 is 1.33 bits per heavy atom. The van der Waals surface area contributed by atoms with Gasteiger partial charge in [-0.1, -0.05) is 6.07 Å². The molecule has 5 heteroatoms. The molecule has 1 atom stereocenters. The minimum absolute atomic E-state index is 0.260. The van der Waals surface area contributed by atoms with E-state index in [-0.39, 0.29) is 6.42 Å². The van der Waals surface area contributed by atoms with E-state index in [2.05, 4.69) is 0 Å². The van der Waals surface area contributed by atoms with Crippen molar-refractivity contribution >= 4 is 5.97 Å². The zero-order valence-electron chi connectivity index (χ0n) is 10.8. The fraction of sp³-hybridized carbons (Fsp3) is 0.462. The van der Waals surface area contributed by atoms with Crippen LogP contribution < -0.4 is 9.47 Å². The molecule has 0 amide bonds. The van der Waals surface area contributed by atoms with Crippen molar-refractivity contribution in [3.05, 3.63) is 23.8 Å². The standard InChI is InChI=1S/C13H18O5/c1-4-18-12(13(14)15)7-9-5-6-10(16-2)8-11(9)17-3/h5-6,8,12H,4,7H2,1-3H3,(H,14,15)/t12-/m0/s1. The molecule has 0 saturated heterocycles. The summed E-state index contributed by atoms with van der Waals surface area (Å²) >= 11 is 0. The van der Waals surface area contributed by atoms with Crippen molar-refractivity contribution < 1.29 is 24.1 Å². The predicted octanol–water partition coefficient (Wildman–Crippen LogP) is 1.74. The molecule has 1 rings (SSSR count). The zero-order chi connectivity index (χ0) is 13.5. The van der Waals surface area contributed by atoms with Crippen molar-refractivity contribution in [2.75, 3.05) is 20.8 Å². The van der Waals surface area contributed by atoms with Gasteiger partial charge in [0.05, 0.1) is 14.2 Å². The van der Waals surface area contributed by atoms with Crippen LogP contribution >= 0.6 is 0 Å². The van der Waals surface area contributed by atoms with E-state index < -0.39 is 12.1 Å². The number of rotatable bonds is 7. The number of carboxylic acids is 1. The highest BCUT2D eigenvalue weighted by Crippen LogP contribution is 2.26. The molecule has 0 aromatic heterocycles. The second kappa shape index (κ2) is 6.86. The maximum atomic E-state index is 11.0. The summed E-state index contributed by atoms with van der Waals surface area (Å²) in [7, 11) is 3.10. The van der Waals surface area contributed by atoms with Crippen LogP contribution in [0, 0.1) is 0 Å². The third-order valence-electron chi connectivity index (χ3n) is 2.54. The van der Waals surface area contributed by atoms with Crippen LogP contribution in [-0.2, 0) is 16.0 Å². The largest absolute Gasteiger partial charge is 0.497 e. The molecule has 0 aliphatic carbocycles. The van der Waals surface area contributed by atoms with Crippen LogP contribution in [0.5, 0.6) is 11.5 Å². The van der Waals surface area contributed by atoms with Crippen LogP contribution in [0.25, 0.3) is 0 Å². The van der Waals surface area contributed by atoms with Crippen LogP contribution in [0.3, 0.4) is 0 Å². The van der Waals surface area contributed by atoms with Crippen molar-refractivity contribution in [3.8, 4) is 11.5 Å². The minimum atomic E-state index is -0.977. The summed E-state index contributed by atoms with van der Waals surface area (Å²) in [5.74, 6) is 0.286. The summed E-state index contributed by atoms with van der Waals surface area (Å²) in [6.07, 6.45) is -0.603. The van der Waals surface area contributed by atoms with E-state index in [0.29, 0.717) is 18.1 Å². The van der Waals surface area contributed by atoms with Crippen LogP contribution in [0.2, 0.25) is 0 Å². The molecule has 0 fully saturated rings. The number of hydrogen-bond donors (Lipinski definition) is 1. The van der Waals surface area contributed by atoms with Crippen LogP contribution in [0.15, 0.2) is 18.2 Å². The number of ether oxygens (including phenoxy) is 3. The maximum Gasteiger partial charge on any atom is 0.333 e. The average molecular weight is 254 g/mol. The van der Waals surface area contributed by atoms with Gasteiger partial charge in [0, 0.05) is 19.1 Å². The van der Waals surface area contributed by atoms with Gasteiger partial charge in [0.2, 0.25) is 0 Å². The Morgan fingerprint density at radius 3 is 2.56 bits per heavy atom. The molecule has 1 aromatic rings. The van der Waals surface area contributed by atoms with Crippen molar-refractivity contribution in [1.29, 1.82) is 0 Å². The maximum absolute atomic E-state index is 11.0. The fourth-order valence-electron chi connectivity index (χ4n) is 1.64. The Kier molecular flexibility index (Phi) is 5.45. The second-order valence-corrected chi connectivity index (χ2v) is 3.66. The fourth-order valence-corrected chi connectivity index (χ4v) is 1.64. The Bertz CT molecular complexity index is 402. The van der Waals surface area contributed by atoms with E-state index >= 15 is 0 Å². The summed E-state index contributed by atoms with van der Waals surface area (Å²) in [6.45, 7) is 2.12. The quantitative estimate of drug-likeness (QED) is 0.802. The third kappa shape index (κ3) is 3.63. The van der Waals surface area contributed by atoms with E-state index in [1.807, 2.05) is 0 Å². The number of carbonyl (C=O) groups is 1. The first-order valence-corrected chi connectivity index (χ1v) is 5.67. The SMILES string of the molecule is CCO[C@@H](Cc1ccc(OC)cc1OC)C(=O)O. The summed E-state index contributed by atoms with van der Waals surface area (Å²) in [4.78, 5) is 11.0. The predicted molar refractivity (Wildman–Crippen MR) is 66.3 cm³/mol. The highest BCUT2D eigenvalue weighted by molar-refractivity contribution is 5.73. The lowest BCUT2D eigenvalue weighted by Gasteiger charge is -2.15. The Balaban J connectivity index is 2.91. The van der Waals surface area contributed by atoms with Gasteiger partial charge in [-0.3, -0.25) is 0 Å². The lowest BCUT2D eigenvalue weighted by Crippen LogP contribution is -2.26. The van der Waals surface area contributed by atoms with Crippen LogP contribution in [-0.4, -0.2) is 38.0 Å². The lowest BCUT2D eigenvalue weighted by molar-refractivity contribution is -0.149. The molecule has 0 spiro atoms. The monoisotopic (exact) mass is 254 g/mol. The van der Waals surface area contributed by atoms with E-state index in [4.69, 9.17) is 19.3 Å². The van der Waals surface area contributed by atoms with Crippen LogP contribution in [0.1, 0.15) is 12.5 Å². The summed E-state index contributed by atoms with van der Waals surface area (Å²) in [5, 5.41) is 9.04. The third-order valence-corrected chi connectivity index (χ3v) is 2.54. The topological polar surface area (TPSA) is 65.0 Å².